The average Bonchev–Trinajstić information content (AvgIpc) is 2.79. The van der Waals surface area contributed by atoms with Crippen LogP contribution in [0, 0.1) is 34.5 Å². The van der Waals surface area contributed by atoms with Crippen LogP contribution < -0.4 is 0 Å². The summed E-state index contributed by atoms with van der Waals surface area (Å²) in [6, 6.07) is 0. The van der Waals surface area contributed by atoms with E-state index in [9.17, 15) is 0 Å². The zero-order valence-corrected chi connectivity index (χ0v) is 12.2. The first-order valence-corrected chi connectivity index (χ1v) is 7.78. The van der Waals surface area contributed by atoms with Crippen LogP contribution in [0.2, 0.25) is 0 Å². The molecule has 0 spiro atoms. The normalized spacial score (nSPS) is 49.8. The second kappa shape index (κ2) is 4.10. The molecule has 102 valence electrons. The molecule has 0 amide bonds. The first-order chi connectivity index (χ1) is 8.50. The summed E-state index contributed by atoms with van der Waals surface area (Å²) in [5.41, 5.74) is 1.05. The fraction of sp³-hybridized carbons (Fsp3) is 0.882. The minimum atomic E-state index is 0.206. The molecule has 0 saturated heterocycles. The number of hydrogen-bond acceptors (Lipinski definition) is 1. The Labute approximate surface area is 112 Å². The number of aliphatic hydroxyl groups is 1. The van der Waals surface area contributed by atoms with E-state index in [0.29, 0.717) is 10.8 Å². The van der Waals surface area contributed by atoms with Crippen molar-refractivity contribution in [3.63, 3.8) is 0 Å². The minimum Gasteiger partial charge on any atom is -0.392 e. The van der Waals surface area contributed by atoms with Crippen LogP contribution in [-0.4, -0.2) is 11.7 Å². The highest BCUT2D eigenvalue weighted by Gasteiger charge is 2.63. The summed E-state index contributed by atoms with van der Waals surface area (Å²) < 4.78 is 0. The maximum Gasteiger partial charge on any atom is 0.0612 e. The monoisotopic (exact) mass is 248 g/mol. The van der Waals surface area contributed by atoms with Crippen LogP contribution >= 0.6 is 0 Å². The average molecular weight is 248 g/mol. The predicted octanol–water partition coefficient (Wildman–Crippen LogP) is 4.02. The lowest BCUT2D eigenvalue weighted by atomic mass is 9.65. The molecule has 1 nitrogen and oxygen atoms in total. The lowest BCUT2D eigenvalue weighted by molar-refractivity contribution is 0.119. The molecule has 5 atom stereocenters. The van der Waals surface area contributed by atoms with Crippen LogP contribution in [0.5, 0.6) is 0 Å². The zero-order valence-electron chi connectivity index (χ0n) is 12.2. The van der Waals surface area contributed by atoms with Crippen LogP contribution in [0.25, 0.3) is 0 Å². The van der Waals surface area contributed by atoms with E-state index < -0.39 is 0 Å². The molecule has 0 unspecified atom stereocenters. The SMILES string of the molecule is CC1(C)CCC[C@@]2(C)[C@@H]3CC[C@@H]([C@@H]31)[C@@H]2/C=C/CO. The Morgan fingerprint density at radius 2 is 1.94 bits per heavy atom. The van der Waals surface area contributed by atoms with Gasteiger partial charge in [0.05, 0.1) is 6.61 Å². The highest BCUT2D eigenvalue weighted by molar-refractivity contribution is 5.17. The van der Waals surface area contributed by atoms with Gasteiger partial charge >= 0.3 is 0 Å². The van der Waals surface area contributed by atoms with Gasteiger partial charge in [0.1, 0.15) is 0 Å². The van der Waals surface area contributed by atoms with Gasteiger partial charge in [0.15, 0.2) is 0 Å². The van der Waals surface area contributed by atoms with E-state index in [1.54, 1.807) is 0 Å². The number of allylic oxidation sites excluding steroid dienone is 1. The maximum absolute atomic E-state index is 9.09. The van der Waals surface area contributed by atoms with E-state index in [4.69, 9.17) is 5.11 Å². The van der Waals surface area contributed by atoms with Gasteiger partial charge in [-0.2, -0.15) is 0 Å². The van der Waals surface area contributed by atoms with Gasteiger partial charge < -0.3 is 5.11 Å². The van der Waals surface area contributed by atoms with Gasteiger partial charge in [0.2, 0.25) is 0 Å². The van der Waals surface area contributed by atoms with E-state index in [0.717, 1.165) is 23.7 Å². The van der Waals surface area contributed by atoms with Crippen molar-refractivity contribution >= 4 is 0 Å². The quantitative estimate of drug-likeness (QED) is 0.732. The summed E-state index contributed by atoms with van der Waals surface area (Å²) in [5.74, 6) is 3.48. The molecular formula is C17H28O. The first-order valence-electron chi connectivity index (χ1n) is 7.78. The van der Waals surface area contributed by atoms with E-state index in [1.807, 2.05) is 6.08 Å². The highest BCUT2D eigenvalue weighted by Crippen LogP contribution is 2.70. The van der Waals surface area contributed by atoms with Crippen LogP contribution in [0.1, 0.15) is 52.9 Å². The summed E-state index contributed by atoms with van der Waals surface area (Å²) in [6.07, 6.45) is 11.4. The van der Waals surface area contributed by atoms with Gasteiger partial charge in [-0.3, -0.25) is 0 Å². The van der Waals surface area contributed by atoms with E-state index >= 15 is 0 Å². The third kappa shape index (κ3) is 1.56. The Kier molecular flexibility index (Phi) is 2.89. The molecule has 0 radical (unpaired) electrons. The first kappa shape index (κ1) is 12.7. The molecule has 3 fully saturated rings. The largest absolute Gasteiger partial charge is 0.392 e. The van der Waals surface area contributed by atoms with Crippen molar-refractivity contribution in [3.8, 4) is 0 Å². The lowest BCUT2D eigenvalue weighted by Crippen LogP contribution is -2.32. The Morgan fingerprint density at radius 3 is 2.67 bits per heavy atom. The van der Waals surface area contributed by atoms with Crippen LogP contribution in [0.3, 0.4) is 0 Å². The Bertz CT molecular complexity index is 357. The Hall–Kier alpha value is -0.300. The molecule has 3 saturated carbocycles. The molecular weight excluding hydrogens is 220 g/mol. The summed E-state index contributed by atoms with van der Waals surface area (Å²) in [5, 5.41) is 9.09. The van der Waals surface area contributed by atoms with Gasteiger partial charge in [-0.1, -0.05) is 39.3 Å². The van der Waals surface area contributed by atoms with Crippen LogP contribution in [-0.2, 0) is 0 Å². The third-order valence-electron chi connectivity index (χ3n) is 6.66. The Morgan fingerprint density at radius 1 is 1.17 bits per heavy atom. The fourth-order valence-corrected chi connectivity index (χ4v) is 6.05. The summed E-state index contributed by atoms with van der Waals surface area (Å²) in [7, 11) is 0. The molecule has 3 aliphatic carbocycles. The van der Waals surface area contributed by atoms with Crippen molar-refractivity contribution in [1.82, 2.24) is 0 Å². The molecule has 0 heterocycles. The smallest absolute Gasteiger partial charge is 0.0612 e. The molecule has 0 aromatic rings. The Balaban J connectivity index is 1.99. The van der Waals surface area contributed by atoms with Crippen molar-refractivity contribution in [2.75, 3.05) is 6.61 Å². The zero-order chi connectivity index (χ0) is 13.0. The van der Waals surface area contributed by atoms with Gasteiger partial charge in [0.25, 0.3) is 0 Å². The molecule has 0 aliphatic heterocycles. The van der Waals surface area contributed by atoms with Crippen molar-refractivity contribution in [3.05, 3.63) is 12.2 Å². The van der Waals surface area contributed by atoms with E-state index in [2.05, 4.69) is 26.8 Å². The topological polar surface area (TPSA) is 20.2 Å². The van der Waals surface area contributed by atoms with E-state index in [-0.39, 0.29) is 6.61 Å². The molecule has 0 aromatic heterocycles. The van der Waals surface area contributed by atoms with Crippen LogP contribution in [0.4, 0.5) is 0 Å². The summed E-state index contributed by atoms with van der Waals surface area (Å²) >= 11 is 0. The predicted molar refractivity (Wildman–Crippen MR) is 75.2 cm³/mol. The molecule has 1 heteroatoms. The second-order valence-electron chi connectivity index (χ2n) is 7.86. The highest BCUT2D eigenvalue weighted by atomic mass is 16.2. The molecule has 3 rings (SSSR count). The molecule has 0 aromatic carbocycles. The molecule has 4 bridgehead atoms. The van der Waals surface area contributed by atoms with E-state index in [1.165, 1.54) is 32.1 Å². The van der Waals surface area contributed by atoms with Crippen molar-refractivity contribution in [1.29, 1.82) is 0 Å². The summed E-state index contributed by atoms with van der Waals surface area (Å²) in [4.78, 5) is 0. The standard InChI is InChI=1S/C17H28O/c1-16(2)9-5-10-17(3)13(6-4-11-18)12-7-8-14(17)15(12)16/h4,6,12-15,18H,5,7-11H2,1-3H3/b6-4+/t12-,13+,14-,15+,17-/m1/s1. The number of hydrogen-bond donors (Lipinski definition) is 1. The maximum atomic E-state index is 9.09. The fourth-order valence-electron chi connectivity index (χ4n) is 6.05. The summed E-state index contributed by atoms with van der Waals surface area (Å²) in [6.45, 7) is 7.76. The van der Waals surface area contributed by atoms with Gasteiger partial charge in [-0.15, -0.1) is 0 Å². The molecule has 18 heavy (non-hydrogen) atoms. The van der Waals surface area contributed by atoms with Crippen molar-refractivity contribution in [2.24, 2.45) is 34.5 Å². The molecule has 3 aliphatic rings. The van der Waals surface area contributed by atoms with Crippen molar-refractivity contribution in [2.45, 2.75) is 52.9 Å². The van der Waals surface area contributed by atoms with Gasteiger partial charge in [0, 0.05) is 0 Å². The second-order valence-corrected chi connectivity index (χ2v) is 7.86. The number of aliphatic hydroxyl groups excluding tert-OH is 1. The third-order valence-corrected chi connectivity index (χ3v) is 6.66. The number of rotatable bonds is 2. The minimum absolute atomic E-state index is 0.206. The van der Waals surface area contributed by atoms with Gasteiger partial charge in [-0.25, -0.2) is 0 Å². The van der Waals surface area contributed by atoms with Crippen molar-refractivity contribution < 1.29 is 5.11 Å². The van der Waals surface area contributed by atoms with Crippen LogP contribution in [0.15, 0.2) is 12.2 Å². The molecule has 1 N–H and O–H groups in total. The lowest BCUT2D eigenvalue weighted by Gasteiger charge is -2.40. The van der Waals surface area contributed by atoms with Gasteiger partial charge in [-0.05, 0) is 60.2 Å².